The van der Waals surface area contributed by atoms with Crippen LogP contribution in [0, 0.1) is 23.7 Å². The molecule has 116 valence electrons. The van der Waals surface area contributed by atoms with E-state index in [-0.39, 0.29) is 0 Å². The van der Waals surface area contributed by atoms with Gasteiger partial charge < -0.3 is 0 Å². The van der Waals surface area contributed by atoms with Crippen molar-refractivity contribution in [2.45, 2.75) is 0 Å². The zero-order valence-corrected chi connectivity index (χ0v) is 13.8. The van der Waals surface area contributed by atoms with Gasteiger partial charge in [0, 0.05) is 12.4 Å². The summed E-state index contributed by atoms with van der Waals surface area (Å²) in [6, 6.07) is 15.1. The van der Waals surface area contributed by atoms with Gasteiger partial charge in [-0.25, -0.2) is 9.97 Å². The Balaban J connectivity index is 1.73. The zero-order valence-electron chi connectivity index (χ0n) is 13.0. The number of pyridine rings is 2. The number of hydrogen-bond acceptors (Lipinski definition) is 5. The average Bonchev–Trinajstić information content (AvgIpc) is 3.17. The lowest BCUT2D eigenvalue weighted by molar-refractivity contribution is 1.29. The minimum absolute atomic E-state index is 0.720. The number of rotatable bonds is 0. The van der Waals surface area contributed by atoms with Crippen LogP contribution in [0.1, 0.15) is 22.5 Å². The van der Waals surface area contributed by atoms with Gasteiger partial charge in [-0.1, -0.05) is 24.0 Å². The van der Waals surface area contributed by atoms with Crippen LogP contribution in [0.5, 0.6) is 0 Å². The van der Waals surface area contributed by atoms with E-state index in [1.807, 2.05) is 48.5 Å². The van der Waals surface area contributed by atoms with Crippen molar-refractivity contribution in [2.75, 3.05) is 0 Å². The Labute approximate surface area is 148 Å². The zero-order chi connectivity index (χ0) is 16.9. The van der Waals surface area contributed by atoms with E-state index in [1.165, 1.54) is 0 Å². The number of hydrogen-bond donors (Lipinski definition) is 0. The molecular formula is C20H10N4S. The predicted octanol–water partition coefficient (Wildman–Crippen LogP) is 3.28. The van der Waals surface area contributed by atoms with Crippen LogP contribution in [-0.4, -0.2) is 18.7 Å². The van der Waals surface area contributed by atoms with E-state index < -0.39 is 0 Å². The van der Waals surface area contributed by atoms with Gasteiger partial charge in [0.25, 0.3) is 0 Å². The molecular weight excluding hydrogens is 328 g/mol. The molecule has 5 heteroatoms. The highest BCUT2D eigenvalue weighted by molar-refractivity contribution is 7.00. The van der Waals surface area contributed by atoms with Crippen LogP contribution < -0.4 is 0 Å². The molecule has 3 aromatic heterocycles. The molecule has 0 N–H and O–H groups in total. The standard InChI is InChI=1S/C20H10N4S/c1-3-13-21-17(5-1)11-9-15-7-8-16(20-19(15)23-25-24-20)10-12-18-6-2-4-14-22-18/h1-8,13-14H. The molecule has 0 radical (unpaired) electrons. The van der Waals surface area contributed by atoms with Crippen molar-refractivity contribution in [1.29, 1.82) is 0 Å². The Morgan fingerprint density at radius 2 is 1.12 bits per heavy atom. The summed E-state index contributed by atoms with van der Waals surface area (Å²) < 4.78 is 8.74. The monoisotopic (exact) mass is 338 g/mol. The molecule has 4 rings (SSSR count). The predicted molar refractivity (Wildman–Crippen MR) is 97.8 cm³/mol. The average molecular weight is 338 g/mol. The first kappa shape index (κ1) is 15.0. The Hall–Kier alpha value is -3.54. The SMILES string of the molecule is C(#Cc1ccc(C#Cc2ccccn2)c2nsnc12)c1ccccn1. The lowest BCUT2D eigenvalue weighted by Gasteiger charge is -1.95. The van der Waals surface area contributed by atoms with E-state index >= 15 is 0 Å². The molecule has 0 atom stereocenters. The van der Waals surface area contributed by atoms with Crippen molar-refractivity contribution in [2.24, 2.45) is 0 Å². The summed E-state index contributed by atoms with van der Waals surface area (Å²) in [6.45, 7) is 0. The normalized spacial score (nSPS) is 9.76. The third-order valence-electron chi connectivity index (χ3n) is 3.40. The van der Waals surface area contributed by atoms with Gasteiger partial charge in [0.15, 0.2) is 0 Å². The first-order valence-corrected chi connectivity index (χ1v) is 8.24. The highest BCUT2D eigenvalue weighted by Gasteiger charge is 2.07. The fourth-order valence-electron chi connectivity index (χ4n) is 2.20. The van der Waals surface area contributed by atoms with Crippen LogP contribution in [0.25, 0.3) is 11.0 Å². The van der Waals surface area contributed by atoms with Gasteiger partial charge in [0.2, 0.25) is 0 Å². The van der Waals surface area contributed by atoms with Gasteiger partial charge in [-0.15, -0.1) is 0 Å². The second-order valence-electron chi connectivity index (χ2n) is 5.05. The van der Waals surface area contributed by atoms with Gasteiger partial charge in [-0.3, -0.25) is 0 Å². The Kier molecular flexibility index (Phi) is 4.16. The summed E-state index contributed by atoms with van der Waals surface area (Å²) in [7, 11) is 0. The maximum atomic E-state index is 4.37. The van der Waals surface area contributed by atoms with E-state index in [0.717, 1.165) is 45.3 Å². The lowest BCUT2D eigenvalue weighted by Crippen LogP contribution is -1.86. The second kappa shape index (κ2) is 6.92. The van der Waals surface area contributed by atoms with E-state index in [1.54, 1.807) is 12.4 Å². The van der Waals surface area contributed by atoms with Crippen molar-refractivity contribution in [3.8, 4) is 23.7 Å². The van der Waals surface area contributed by atoms with E-state index in [0.29, 0.717) is 0 Å². The molecule has 4 aromatic rings. The van der Waals surface area contributed by atoms with Crippen molar-refractivity contribution >= 4 is 22.8 Å². The number of benzene rings is 1. The smallest absolute Gasteiger partial charge is 0.121 e. The molecule has 1 aromatic carbocycles. The molecule has 0 saturated heterocycles. The summed E-state index contributed by atoms with van der Waals surface area (Å²) in [5.41, 5.74) is 4.61. The molecule has 0 amide bonds. The van der Waals surface area contributed by atoms with Gasteiger partial charge in [0.05, 0.1) is 22.9 Å². The minimum atomic E-state index is 0.720. The van der Waals surface area contributed by atoms with Crippen LogP contribution in [0.4, 0.5) is 0 Å². The van der Waals surface area contributed by atoms with Gasteiger partial charge in [0.1, 0.15) is 22.4 Å². The van der Waals surface area contributed by atoms with Crippen LogP contribution in [0.15, 0.2) is 60.9 Å². The van der Waals surface area contributed by atoms with E-state index in [4.69, 9.17) is 0 Å². The van der Waals surface area contributed by atoms with Crippen molar-refractivity contribution in [1.82, 2.24) is 18.7 Å². The number of nitrogens with zero attached hydrogens (tertiary/aromatic N) is 4. The molecule has 0 fully saturated rings. The van der Waals surface area contributed by atoms with Crippen LogP contribution in [0.3, 0.4) is 0 Å². The molecule has 25 heavy (non-hydrogen) atoms. The number of aromatic nitrogens is 4. The third-order valence-corrected chi connectivity index (χ3v) is 3.92. The molecule has 0 aliphatic heterocycles. The van der Waals surface area contributed by atoms with Crippen molar-refractivity contribution < 1.29 is 0 Å². The molecule has 0 aliphatic carbocycles. The first-order valence-electron chi connectivity index (χ1n) is 7.51. The molecule has 3 heterocycles. The summed E-state index contributed by atoms with van der Waals surface area (Å²) in [6.07, 6.45) is 3.45. The largest absolute Gasteiger partial charge is 0.248 e. The highest BCUT2D eigenvalue weighted by atomic mass is 32.1. The summed E-state index contributed by atoms with van der Waals surface area (Å²) in [5.74, 6) is 12.3. The summed E-state index contributed by atoms with van der Waals surface area (Å²) in [4.78, 5) is 8.41. The van der Waals surface area contributed by atoms with Gasteiger partial charge in [-0.05, 0) is 48.2 Å². The second-order valence-corrected chi connectivity index (χ2v) is 5.58. The summed E-state index contributed by atoms with van der Waals surface area (Å²) >= 11 is 1.16. The van der Waals surface area contributed by atoms with E-state index in [2.05, 4.69) is 42.4 Å². The molecule has 0 unspecified atom stereocenters. The third kappa shape index (κ3) is 3.37. The van der Waals surface area contributed by atoms with Crippen molar-refractivity contribution in [3.05, 3.63) is 83.4 Å². The molecule has 0 bridgehead atoms. The van der Waals surface area contributed by atoms with Gasteiger partial charge >= 0.3 is 0 Å². The van der Waals surface area contributed by atoms with Gasteiger partial charge in [-0.2, -0.15) is 8.75 Å². The summed E-state index contributed by atoms with van der Waals surface area (Å²) in [5, 5.41) is 0. The van der Waals surface area contributed by atoms with Crippen LogP contribution in [-0.2, 0) is 0 Å². The van der Waals surface area contributed by atoms with Crippen LogP contribution in [0.2, 0.25) is 0 Å². The fourth-order valence-corrected chi connectivity index (χ4v) is 2.78. The first-order chi connectivity index (χ1) is 12.4. The quantitative estimate of drug-likeness (QED) is 0.462. The topological polar surface area (TPSA) is 51.6 Å². The Morgan fingerprint density at radius 3 is 1.56 bits per heavy atom. The molecule has 0 saturated carbocycles. The Morgan fingerprint density at radius 1 is 0.600 bits per heavy atom. The molecule has 0 aliphatic rings. The van der Waals surface area contributed by atoms with Crippen molar-refractivity contribution in [3.63, 3.8) is 0 Å². The van der Waals surface area contributed by atoms with E-state index in [9.17, 15) is 0 Å². The molecule has 4 nitrogen and oxygen atoms in total. The van der Waals surface area contributed by atoms with Crippen LogP contribution >= 0.6 is 11.7 Å². The maximum Gasteiger partial charge on any atom is 0.121 e. The maximum absolute atomic E-state index is 4.37. The highest BCUT2D eigenvalue weighted by Crippen LogP contribution is 2.20. The minimum Gasteiger partial charge on any atom is -0.248 e. The lowest BCUT2D eigenvalue weighted by atomic mass is 10.1. The Bertz CT molecular complexity index is 1050. The fraction of sp³-hybridized carbons (Fsp3) is 0. The number of fused-ring (bicyclic) bond motifs is 1. The molecule has 0 spiro atoms.